The topological polar surface area (TPSA) is 120 Å². The molecule has 2 heterocycles. The molecule has 10 nitrogen and oxygen atoms in total. The highest BCUT2D eigenvalue weighted by atomic mass is 32.1. The monoisotopic (exact) mass is 577 g/mol. The number of ether oxygens (including phenoxy) is 3. The fraction of sp³-hybridized carbons (Fsp3) is 0.267. The Bertz CT molecular complexity index is 1380. The lowest BCUT2D eigenvalue weighted by molar-refractivity contribution is -0.384. The van der Waals surface area contributed by atoms with Gasteiger partial charge in [-0.1, -0.05) is 31.4 Å². The zero-order valence-corrected chi connectivity index (χ0v) is 23.2. The van der Waals surface area contributed by atoms with Gasteiger partial charge in [0.15, 0.2) is 11.5 Å². The largest absolute Gasteiger partial charge is 0.486 e. The van der Waals surface area contributed by atoms with Crippen LogP contribution in [0.15, 0.2) is 85.3 Å². The van der Waals surface area contributed by atoms with Crippen molar-refractivity contribution in [1.29, 1.82) is 0 Å². The van der Waals surface area contributed by atoms with Gasteiger partial charge in [-0.05, 0) is 53.8 Å². The summed E-state index contributed by atoms with van der Waals surface area (Å²) < 4.78 is 16.9. The minimum atomic E-state index is -0.509. The molecule has 1 aromatic heterocycles. The summed E-state index contributed by atoms with van der Waals surface area (Å²) in [6, 6.07) is 14.5. The normalized spacial score (nSPS) is 16.0. The predicted molar refractivity (Wildman–Crippen MR) is 156 cm³/mol. The van der Waals surface area contributed by atoms with Gasteiger partial charge in [-0.15, -0.1) is 11.3 Å². The second-order valence-corrected chi connectivity index (χ2v) is 10.3. The molecule has 1 fully saturated rings. The van der Waals surface area contributed by atoms with Crippen molar-refractivity contribution in [3.05, 3.63) is 111 Å². The molecule has 41 heavy (non-hydrogen) atoms. The predicted octanol–water partition coefficient (Wildman–Crippen LogP) is 5.71. The van der Waals surface area contributed by atoms with Crippen molar-refractivity contribution in [3.8, 4) is 11.5 Å². The molecule has 11 heteroatoms. The average Bonchev–Trinajstić information content (AvgIpc) is 3.67. The van der Waals surface area contributed by atoms with Crippen LogP contribution in [0.3, 0.4) is 0 Å². The number of carbonyl (C=O) groups excluding carboxylic acids is 2. The van der Waals surface area contributed by atoms with Crippen molar-refractivity contribution in [2.45, 2.75) is 25.0 Å². The number of nitro groups is 1. The minimum absolute atomic E-state index is 0.0240. The van der Waals surface area contributed by atoms with Crippen molar-refractivity contribution in [2.75, 3.05) is 26.3 Å². The Morgan fingerprint density at radius 1 is 1.07 bits per heavy atom. The van der Waals surface area contributed by atoms with E-state index in [0.29, 0.717) is 42.2 Å². The van der Waals surface area contributed by atoms with Crippen LogP contribution in [-0.4, -0.2) is 54.2 Å². The number of non-ortho nitro benzene ring substituents is 1. The molecule has 4 rings (SSSR count). The second kappa shape index (κ2) is 14.1. The number of carbonyl (C=O) groups is 2. The van der Waals surface area contributed by atoms with Gasteiger partial charge in [0.2, 0.25) is 0 Å². The van der Waals surface area contributed by atoms with Crippen LogP contribution in [0, 0.1) is 10.1 Å². The SMILES string of the molecule is C=CCOc1ccc(C(=O)NCC2CC(c3cccs3)CN2C(=O)OCc2ccc([N+](=O)[O-])cc2)cc1OCC=C. The number of likely N-dealkylation sites (tertiary alicyclic amines) is 1. The Morgan fingerprint density at radius 2 is 1.80 bits per heavy atom. The number of amides is 2. The van der Waals surface area contributed by atoms with Crippen molar-refractivity contribution in [2.24, 2.45) is 0 Å². The van der Waals surface area contributed by atoms with Gasteiger partial charge < -0.3 is 24.4 Å². The van der Waals surface area contributed by atoms with Gasteiger partial charge in [-0.3, -0.25) is 14.9 Å². The molecule has 2 atom stereocenters. The maximum Gasteiger partial charge on any atom is 0.410 e. The lowest BCUT2D eigenvalue weighted by Crippen LogP contribution is -2.43. The summed E-state index contributed by atoms with van der Waals surface area (Å²) in [4.78, 5) is 39.5. The fourth-order valence-electron chi connectivity index (χ4n) is 4.50. The third kappa shape index (κ3) is 7.73. The van der Waals surface area contributed by atoms with Crippen LogP contribution in [0.2, 0.25) is 0 Å². The van der Waals surface area contributed by atoms with Crippen LogP contribution in [0.4, 0.5) is 10.5 Å². The first-order valence-corrected chi connectivity index (χ1v) is 13.9. The van der Waals surface area contributed by atoms with Gasteiger partial charge in [-0.25, -0.2) is 4.79 Å². The highest BCUT2D eigenvalue weighted by molar-refractivity contribution is 7.10. The Balaban J connectivity index is 1.42. The Hall–Kier alpha value is -4.64. The lowest BCUT2D eigenvalue weighted by Gasteiger charge is -2.24. The van der Waals surface area contributed by atoms with E-state index in [1.807, 2.05) is 17.5 Å². The van der Waals surface area contributed by atoms with Crippen LogP contribution in [0.1, 0.15) is 33.1 Å². The Kier molecular flexibility index (Phi) is 10.1. The molecule has 214 valence electrons. The van der Waals surface area contributed by atoms with E-state index < -0.39 is 11.0 Å². The quantitative estimate of drug-likeness (QED) is 0.157. The molecule has 0 radical (unpaired) electrons. The van der Waals surface area contributed by atoms with Crippen molar-refractivity contribution < 1.29 is 28.7 Å². The number of nitrogens with one attached hydrogen (secondary N) is 1. The maximum atomic E-state index is 13.1. The van der Waals surface area contributed by atoms with Gasteiger partial charge in [0, 0.05) is 41.6 Å². The number of hydrogen-bond acceptors (Lipinski definition) is 8. The van der Waals surface area contributed by atoms with Gasteiger partial charge in [-0.2, -0.15) is 0 Å². The smallest absolute Gasteiger partial charge is 0.410 e. The van der Waals surface area contributed by atoms with Crippen molar-refractivity contribution >= 4 is 29.0 Å². The van der Waals surface area contributed by atoms with Crippen molar-refractivity contribution in [3.63, 3.8) is 0 Å². The number of nitro benzene ring substituents is 1. The summed E-state index contributed by atoms with van der Waals surface area (Å²) in [7, 11) is 0. The summed E-state index contributed by atoms with van der Waals surface area (Å²) in [6.07, 6.45) is 3.37. The summed E-state index contributed by atoms with van der Waals surface area (Å²) >= 11 is 1.63. The number of hydrogen-bond donors (Lipinski definition) is 1. The van der Waals surface area contributed by atoms with Gasteiger partial charge in [0.05, 0.1) is 11.0 Å². The van der Waals surface area contributed by atoms with E-state index in [1.165, 1.54) is 12.1 Å². The van der Waals surface area contributed by atoms with Gasteiger partial charge in [0.1, 0.15) is 19.8 Å². The van der Waals surface area contributed by atoms with Crippen molar-refractivity contribution in [1.82, 2.24) is 10.2 Å². The molecule has 0 spiro atoms. The fourth-order valence-corrected chi connectivity index (χ4v) is 5.33. The molecule has 1 N–H and O–H groups in total. The molecule has 2 unspecified atom stereocenters. The van der Waals surface area contributed by atoms with E-state index in [1.54, 1.807) is 58.7 Å². The second-order valence-electron chi connectivity index (χ2n) is 9.30. The highest BCUT2D eigenvalue weighted by Crippen LogP contribution is 2.35. The molecular weight excluding hydrogens is 546 g/mol. The summed E-state index contributed by atoms with van der Waals surface area (Å²) in [5.41, 5.74) is 0.987. The van der Waals surface area contributed by atoms with E-state index in [2.05, 4.69) is 18.5 Å². The van der Waals surface area contributed by atoms with E-state index in [9.17, 15) is 19.7 Å². The minimum Gasteiger partial charge on any atom is -0.486 e. The molecule has 1 saturated heterocycles. The number of nitrogens with zero attached hydrogens (tertiary/aromatic N) is 2. The first-order valence-electron chi connectivity index (χ1n) is 13.0. The van der Waals surface area contributed by atoms with Crippen LogP contribution >= 0.6 is 11.3 Å². The number of benzene rings is 2. The van der Waals surface area contributed by atoms with Crippen LogP contribution < -0.4 is 14.8 Å². The van der Waals surface area contributed by atoms with E-state index >= 15 is 0 Å². The lowest BCUT2D eigenvalue weighted by atomic mass is 10.0. The van der Waals surface area contributed by atoms with Crippen LogP contribution in [0.25, 0.3) is 0 Å². The summed E-state index contributed by atoms with van der Waals surface area (Å²) in [5, 5.41) is 15.8. The number of rotatable bonds is 13. The molecule has 0 aliphatic carbocycles. The third-order valence-corrected chi connectivity index (χ3v) is 7.56. The van der Waals surface area contributed by atoms with Gasteiger partial charge >= 0.3 is 6.09 Å². The maximum absolute atomic E-state index is 13.1. The van der Waals surface area contributed by atoms with Gasteiger partial charge in [0.25, 0.3) is 11.6 Å². The summed E-state index contributed by atoms with van der Waals surface area (Å²) in [6.45, 7) is 8.50. The standard InChI is InChI=1S/C30H31N3O7S/c1-3-13-38-26-12-9-22(17-27(26)39-14-4-2)29(34)31-18-25-16-23(28-6-5-15-41-28)19-32(25)30(35)40-20-21-7-10-24(11-8-21)33(36)37/h3-12,15,17,23,25H,1-2,13-14,16,18-20H2,(H,31,34). The molecule has 2 amide bonds. The molecule has 0 saturated carbocycles. The zero-order valence-electron chi connectivity index (χ0n) is 22.4. The molecular formula is C30H31N3O7S. The van der Waals surface area contributed by atoms with Crippen LogP contribution in [-0.2, 0) is 11.3 Å². The van der Waals surface area contributed by atoms with E-state index in [4.69, 9.17) is 14.2 Å². The Morgan fingerprint density at radius 3 is 2.46 bits per heavy atom. The highest BCUT2D eigenvalue weighted by Gasteiger charge is 2.37. The zero-order chi connectivity index (χ0) is 29.2. The molecule has 3 aromatic rings. The third-order valence-electron chi connectivity index (χ3n) is 6.52. The van der Waals surface area contributed by atoms with E-state index in [0.717, 1.165) is 4.88 Å². The molecule has 2 aromatic carbocycles. The Labute approximate surface area is 242 Å². The first-order chi connectivity index (χ1) is 19.9. The van der Waals surface area contributed by atoms with E-state index in [-0.39, 0.29) is 43.3 Å². The average molecular weight is 578 g/mol. The molecule has 1 aliphatic heterocycles. The van der Waals surface area contributed by atoms with Crippen LogP contribution in [0.5, 0.6) is 11.5 Å². The number of thiophene rings is 1. The first kappa shape index (κ1) is 29.3. The summed E-state index contributed by atoms with van der Waals surface area (Å²) in [5.74, 6) is 0.695. The molecule has 1 aliphatic rings. The molecule has 0 bridgehead atoms.